The lowest BCUT2D eigenvalue weighted by Gasteiger charge is -2.28. The molecule has 1 N–H and O–H groups in total. The van der Waals surface area contributed by atoms with Gasteiger partial charge in [0.25, 0.3) is 0 Å². The number of rotatable bonds is 6. The Bertz CT molecular complexity index is 628. The first-order chi connectivity index (χ1) is 11.7. The summed E-state index contributed by atoms with van der Waals surface area (Å²) < 4.78 is 5.82. The van der Waals surface area contributed by atoms with E-state index in [1.54, 1.807) is 18.7 Å². The molecule has 1 atom stereocenters. The van der Waals surface area contributed by atoms with E-state index in [-0.39, 0.29) is 6.10 Å². The standard InChI is InChI=1S/C18H25N5O/c1-14(24-16-4-3-7-19-12-16)11-20-18-10-17(21-13-22-18)15-5-8-23(2)9-6-15/h3-4,7,10,12-15H,5-6,8-9,11H2,1-2H3,(H,20,21,22). The van der Waals surface area contributed by atoms with Crippen molar-refractivity contribution in [1.29, 1.82) is 0 Å². The van der Waals surface area contributed by atoms with Crippen LogP contribution in [-0.4, -0.2) is 52.6 Å². The van der Waals surface area contributed by atoms with Gasteiger partial charge >= 0.3 is 0 Å². The van der Waals surface area contributed by atoms with Gasteiger partial charge < -0.3 is 15.0 Å². The van der Waals surface area contributed by atoms with Crippen LogP contribution in [0.15, 0.2) is 36.9 Å². The molecule has 2 aromatic heterocycles. The van der Waals surface area contributed by atoms with E-state index < -0.39 is 0 Å². The van der Waals surface area contributed by atoms with Crippen molar-refractivity contribution in [1.82, 2.24) is 19.9 Å². The minimum atomic E-state index is 0.0240. The maximum Gasteiger partial charge on any atom is 0.138 e. The van der Waals surface area contributed by atoms with E-state index in [1.807, 2.05) is 19.1 Å². The Kier molecular flexibility index (Phi) is 5.59. The number of likely N-dealkylation sites (tertiary alicyclic amines) is 1. The molecular formula is C18H25N5O. The molecule has 0 amide bonds. The molecule has 1 aliphatic heterocycles. The lowest BCUT2D eigenvalue weighted by Crippen LogP contribution is -2.29. The summed E-state index contributed by atoms with van der Waals surface area (Å²) in [6.07, 6.45) is 7.46. The monoisotopic (exact) mass is 327 g/mol. The van der Waals surface area contributed by atoms with Gasteiger partial charge in [-0.15, -0.1) is 0 Å². The van der Waals surface area contributed by atoms with Crippen molar-refractivity contribution < 1.29 is 4.74 Å². The molecule has 6 nitrogen and oxygen atoms in total. The zero-order chi connectivity index (χ0) is 16.8. The molecule has 0 radical (unpaired) electrons. The number of pyridine rings is 1. The van der Waals surface area contributed by atoms with Gasteiger partial charge in [0.05, 0.1) is 12.7 Å². The normalized spacial score (nSPS) is 17.4. The van der Waals surface area contributed by atoms with E-state index in [2.05, 4.69) is 38.3 Å². The average molecular weight is 327 g/mol. The van der Waals surface area contributed by atoms with Gasteiger partial charge in [-0.3, -0.25) is 4.98 Å². The smallest absolute Gasteiger partial charge is 0.138 e. The maximum atomic E-state index is 5.82. The predicted molar refractivity (Wildman–Crippen MR) is 94.3 cm³/mol. The minimum Gasteiger partial charge on any atom is -0.487 e. The van der Waals surface area contributed by atoms with Gasteiger partial charge in [0, 0.05) is 23.9 Å². The average Bonchev–Trinajstić information content (AvgIpc) is 2.62. The van der Waals surface area contributed by atoms with Gasteiger partial charge in [-0.1, -0.05) is 0 Å². The van der Waals surface area contributed by atoms with E-state index in [0.717, 1.165) is 43.2 Å². The molecule has 0 aromatic carbocycles. The van der Waals surface area contributed by atoms with E-state index in [4.69, 9.17) is 4.74 Å². The van der Waals surface area contributed by atoms with Crippen LogP contribution in [0.1, 0.15) is 31.4 Å². The molecule has 1 unspecified atom stereocenters. The highest BCUT2D eigenvalue weighted by Crippen LogP contribution is 2.26. The van der Waals surface area contributed by atoms with Crippen LogP contribution >= 0.6 is 0 Å². The highest BCUT2D eigenvalue weighted by Gasteiger charge is 2.19. The van der Waals surface area contributed by atoms with Crippen LogP contribution in [0, 0.1) is 0 Å². The molecule has 24 heavy (non-hydrogen) atoms. The van der Waals surface area contributed by atoms with E-state index in [1.165, 1.54) is 0 Å². The number of aromatic nitrogens is 3. The fourth-order valence-electron chi connectivity index (χ4n) is 2.94. The van der Waals surface area contributed by atoms with Crippen molar-refractivity contribution in [2.45, 2.75) is 31.8 Å². The van der Waals surface area contributed by atoms with Crippen molar-refractivity contribution in [2.75, 3.05) is 32.0 Å². The van der Waals surface area contributed by atoms with Crippen LogP contribution in [0.5, 0.6) is 5.75 Å². The maximum absolute atomic E-state index is 5.82. The lowest BCUT2D eigenvalue weighted by atomic mass is 9.93. The summed E-state index contributed by atoms with van der Waals surface area (Å²) >= 11 is 0. The molecule has 3 heterocycles. The zero-order valence-corrected chi connectivity index (χ0v) is 14.4. The van der Waals surface area contributed by atoms with Gasteiger partial charge in [-0.25, -0.2) is 9.97 Å². The Morgan fingerprint density at radius 2 is 2.17 bits per heavy atom. The van der Waals surface area contributed by atoms with E-state index >= 15 is 0 Å². The topological polar surface area (TPSA) is 63.2 Å². The second-order valence-electron chi connectivity index (χ2n) is 6.40. The number of ether oxygens (including phenoxy) is 1. The molecule has 0 saturated carbocycles. The molecule has 1 saturated heterocycles. The predicted octanol–water partition coefficient (Wildman–Crippen LogP) is 2.56. The molecule has 0 spiro atoms. The van der Waals surface area contributed by atoms with Crippen LogP contribution in [0.25, 0.3) is 0 Å². The number of anilines is 1. The first-order valence-electron chi connectivity index (χ1n) is 8.52. The third-order valence-electron chi connectivity index (χ3n) is 4.37. The summed E-state index contributed by atoms with van der Waals surface area (Å²) in [5.74, 6) is 2.18. The molecule has 0 bridgehead atoms. The summed E-state index contributed by atoms with van der Waals surface area (Å²) in [5, 5.41) is 3.35. The largest absolute Gasteiger partial charge is 0.487 e. The number of piperidine rings is 1. The quantitative estimate of drug-likeness (QED) is 0.880. The summed E-state index contributed by atoms with van der Waals surface area (Å²) in [5.41, 5.74) is 1.14. The molecule has 3 rings (SSSR count). The van der Waals surface area contributed by atoms with E-state index in [0.29, 0.717) is 12.5 Å². The second kappa shape index (κ2) is 8.06. The minimum absolute atomic E-state index is 0.0240. The molecule has 128 valence electrons. The zero-order valence-electron chi connectivity index (χ0n) is 14.4. The van der Waals surface area contributed by atoms with Gasteiger partial charge in [0.1, 0.15) is 24.0 Å². The summed E-state index contributed by atoms with van der Waals surface area (Å²) in [6.45, 7) is 4.97. The van der Waals surface area contributed by atoms with Crippen LogP contribution < -0.4 is 10.1 Å². The Morgan fingerprint density at radius 1 is 1.33 bits per heavy atom. The van der Waals surface area contributed by atoms with Crippen LogP contribution in [-0.2, 0) is 0 Å². The highest BCUT2D eigenvalue weighted by molar-refractivity contribution is 5.36. The third-order valence-corrected chi connectivity index (χ3v) is 4.37. The van der Waals surface area contributed by atoms with E-state index in [9.17, 15) is 0 Å². The summed E-state index contributed by atoms with van der Waals surface area (Å²) in [7, 11) is 2.17. The Labute approximate surface area is 143 Å². The first kappa shape index (κ1) is 16.6. The Morgan fingerprint density at radius 3 is 2.92 bits per heavy atom. The third kappa shape index (κ3) is 4.64. The van der Waals surface area contributed by atoms with Crippen molar-refractivity contribution >= 4 is 5.82 Å². The van der Waals surface area contributed by atoms with Crippen molar-refractivity contribution in [3.63, 3.8) is 0 Å². The number of hydrogen-bond acceptors (Lipinski definition) is 6. The SMILES string of the molecule is CC(CNc1cc(C2CCN(C)CC2)ncn1)Oc1cccnc1. The fraction of sp³-hybridized carbons (Fsp3) is 0.500. The van der Waals surface area contributed by atoms with Crippen molar-refractivity contribution in [3.05, 3.63) is 42.6 Å². The van der Waals surface area contributed by atoms with Crippen LogP contribution in [0.2, 0.25) is 0 Å². The van der Waals surface area contributed by atoms with Gasteiger partial charge in [0.15, 0.2) is 0 Å². The molecule has 1 fully saturated rings. The van der Waals surface area contributed by atoms with Gasteiger partial charge in [-0.05, 0) is 52.0 Å². The Hall–Kier alpha value is -2.21. The summed E-state index contributed by atoms with van der Waals surface area (Å²) in [6, 6.07) is 5.85. The Balaban J connectivity index is 1.53. The summed E-state index contributed by atoms with van der Waals surface area (Å²) in [4.78, 5) is 15.2. The highest BCUT2D eigenvalue weighted by atomic mass is 16.5. The van der Waals surface area contributed by atoms with Crippen LogP contribution in [0.3, 0.4) is 0 Å². The van der Waals surface area contributed by atoms with Crippen LogP contribution in [0.4, 0.5) is 5.82 Å². The number of nitrogens with zero attached hydrogens (tertiary/aromatic N) is 4. The van der Waals surface area contributed by atoms with Crippen molar-refractivity contribution in [2.24, 2.45) is 0 Å². The van der Waals surface area contributed by atoms with Crippen molar-refractivity contribution in [3.8, 4) is 5.75 Å². The molecule has 6 heteroatoms. The second-order valence-corrected chi connectivity index (χ2v) is 6.40. The van der Waals surface area contributed by atoms with Gasteiger partial charge in [-0.2, -0.15) is 0 Å². The number of hydrogen-bond donors (Lipinski definition) is 1. The number of nitrogens with one attached hydrogen (secondary N) is 1. The molecule has 1 aliphatic rings. The molecule has 2 aromatic rings. The molecular weight excluding hydrogens is 302 g/mol. The lowest BCUT2D eigenvalue weighted by molar-refractivity contribution is 0.233. The first-order valence-corrected chi connectivity index (χ1v) is 8.52. The fourth-order valence-corrected chi connectivity index (χ4v) is 2.94. The van der Waals surface area contributed by atoms with Gasteiger partial charge in [0.2, 0.25) is 0 Å². The molecule has 0 aliphatic carbocycles.